The summed E-state index contributed by atoms with van der Waals surface area (Å²) in [6.07, 6.45) is 2.16. The molecule has 0 bridgehead atoms. The first-order valence-electron chi connectivity index (χ1n) is 8.60. The molecule has 1 aromatic carbocycles. The van der Waals surface area contributed by atoms with Gasteiger partial charge in [-0.05, 0) is 19.8 Å². The van der Waals surface area contributed by atoms with Gasteiger partial charge in [-0.25, -0.2) is 14.9 Å². The molecule has 0 radical (unpaired) electrons. The van der Waals surface area contributed by atoms with Gasteiger partial charge in [0.25, 0.3) is 0 Å². The van der Waals surface area contributed by atoms with E-state index in [4.69, 9.17) is 9.72 Å². The van der Waals surface area contributed by atoms with Crippen LogP contribution in [0.5, 0.6) is 0 Å². The lowest BCUT2D eigenvalue weighted by molar-refractivity contribution is 0.0941. The molecule has 1 aliphatic rings. The zero-order valence-corrected chi connectivity index (χ0v) is 16.1. The molecule has 1 atom stereocenters. The molecule has 0 unspecified atom stereocenters. The van der Waals surface area contributed by atoms with Crippen molar-refractivity contribution in [1.29, 1.82) is 0 Å². The van der Waals surface area contributed by atoms with Crippen molar-refractivity contribution in [2.45, 2.75) is 43.3 Å². The summed E-state index contributed by atoms with van der Waals surface area (Å²) in [5.74, 6) is 0.679. The maximum absolute atomic E-state index is 12.0. The Morgan fingerprint density at radius 1 is 1.38 bits per heavy atom. The van der Waals surface area contributed by atoms with E-state index in [1.54, 1.807) is 15.9 Å². The molecule has 0 spiro atoms. The number of nitrogens with zero attached hydrogens (tertiary/aromatic N) is 3. The van der Waals surface area contributed by atoms with E-state index >= 15 is 0 Å². The molecule has 136 valence electrons. The zero-order chi connectivity index (χ0) is 17.9. The number of rotatable bonds is 6. The van der Waals surface area contributed by atoms with Crippen LogP contribution in [0.3, 0.4) is 0 Å². The molecule has 0 saturated carbocycles. The van der Waals surface area contributed by atoms with E-state index in [9.17, 15) is 4.79 Å². The molecule has 3 aromatic rings. The Bertz CT molecular complexity index is 923. The molecule has 1 fully saturated rings. The van der Waals surface area contributed by atoms with Crippen molar-refractivity contribution in [3.63, 3.8) is 0 Å². The number of aromatic amines is 1. The lowest BCUT2D eigenvalue weighted by Crippen LogP contribution is -2.24. The second kappa shape index (κ2) is 7.77. The van der Waals surface area contributed by atoms with Crippen LogP contribution < -0.4 is 5.69 Å². The van der Waals surface area contributed by atoms with Crippen LogP contribution >= 0.6 is 23.1 Å². The first-order valence-corrected chi connectivity index (χ1v) is 10.5. The number of hydrogen-bond donors (Lipinski definition) is 1. The minimum Gasteiger partial charge on any atom is -0.376 e. The number of aromatic nitrogens is 4. The van der Waals surface area contributed by atoms with Gasteiger partial charge in [-0.15, -0.1) is 16.4 Å². The van der Waals surface area contributed by atoms with Gasteiger partial charge in [-0.1, -0.05) is 41.6 Å². The molecule has 8 heteroatoms. The number of hydrogen-bond acceptors (Lipinski definition) is 6. The molecular formula is C18H20N4O2S2. The maximum Gasteiger partial charge on any atom is 0.344 e. The molecule has 26 heavy (non-hydrogen) atoms. The molecule has 1 aliphatic heterocycles. The molecular weight excluding hydrogens is 368 g/mol. The second-order valence-electron chi connectivity index (χ2n) is 6.36. The Balaban J connectivity index is 1.43. The smallest absolute Gasteiger partial charge is 0.344 e. The minimum absolute atomic E-state index is 0.108. The average Bonchev–Trinajstić information content (AvgIpc) is 3.38. The van der Waals surface area contributed by atoms with Crippen molar-refractivity contribution >= 4 is 23.1 Å². The number of H-pyrrole nitrogens is 1. The Kier molecular flexibility index (Phi) is 5.23. The van der Waals surface area contributed by atoms with Gasteiger partial charge in [-0.2, -0.15) is 0 Å². The first-order chi connectivity index (χ1) is 12.7. The predicted molar refractivity (Wildman–Crippen MR) is 104 cm³/mol. The van der Waals surface area contributed by atoms with E-state index < -0.39 is 0 Å². The third-order valence-corrected chi connectivity index (χ3v) is 6.28. The van der Waals surface area contributed by atoms with Crippen molar-refractivity contribution < 1.29 is 4.74 Å². The number of aryl methyl sites for hydroxylation is 1. The van der Waals surface area contributed by atoms with Crippen molar-refractivity contribution in [2.75, 3.05) is 6.61 Å². The van der Waals surface area contributed by atoms with Crippen LogP contribution in [0.4, 0.5) is 0 Å². The maximum atomic E-state index is 12.0. The minimum atomic E-state index is -0.179. The normalized spacial score (nSPS) is 17.0. The van der Waals surface area contributed by atoms with Crippen LogP contribution in [0.1, 0.15) is 24.1 Å². The summed E-state index contributed by atoms with van der Waals surface area (Å²) in [5.41, 5.74) is 3.19. The molecule has 1 saturated heterocycles. The van der Waals surface area contributed by atoms with E-state index in [1.807, 2.05) is 0 Å². The lowest BCUT2D eigenvalue weighted by Gasteiger charge is -2.10. The van der Waals surface area contributed by atoms with Gasteiger partial charge in [-0.3, -0.25) is 4.57 Å². The highest BCUT2D eigenvalue weighted by Gasteiger charge is 2.20. The standard InChI is InChI=1S/C18H20N4O2S2/c1-12-4-6-13(7-5-12)16-19-14(10-25-16)11-26-18-21-20-17(23)22(18)9-15-3-2-8-24-15/h4-7,10,15H,2-3,8-9,11H2,1H3,(H,20,23)/t15-/m0/s1. The quantitative estimate of drug-likeness (QED) is 0.655. The van der Waals surface area contributed by atoms with Crippen molar-refractivity contribution in [2.24, 2.45) is 0 Å². The average molecular weight is 389 g/mol. The Hall–Kier alpha value is -1.90. The summed E-state index contributed by atoms with van der Waals surface area (Å²) >= 11 is 3.16. The third kappa shape index (κ3) is 3.92. The second-order valence-corrected chi connectivity index (χ2v) is 8.16. The lowest BCUT2D eigenvalue weighted by atomic mass is 10.2. The predicted octanol–water partition coefficient (Wildman–Crippen LogP) is 3.47. The fourth-order valence-corrected chi connectivity index (χ4v) is 4.69. The largest absolute Gasteiger partial charge is 0.376 e. The number of nitrogens with one attached hydrogen (secondary N) is 1. The van der Waals surface area contributed by atoms with E-state index in [2.05, 4.69) is 46.8 Å². The number of benzene rings is 1. The number of thiazole rings is 1. The molecule has 6 nitrogen and oxygen atoms in total. The van der Waals surface area contributed by atoms with Gasteiger partial charge in [0.15, 0.2) is 5.16 Å². The molecule has 2 aromatic heterocycles. The van der Waals surface area contributed by atoms with Gasteiger partial charge >= 0.3 is 5.69 Å². The van der Waals surface area contributed by atoms with E-state index in [0.717, 1.165) is 35.7 Å². The fraction of sp³-hybridized carbons (Fsp3) is 0.389. The van der Waals surface area contributed by atoms with Crippen LogP contribution in [0.25, 0.3) is 10.6 Å². The summed E-state index contributed by atoms with van der Waals surface area (Å²) in [6, 6.07) is 8.38. The van der Waals surface area contributed by atoms with Crippen molar-refractivity contribution in [1.82, 2.24) is 19.7 Å². The number of thioether (sulfide) groups is 1. The van der Waals surface area contributed by atoms with Gasteiger partial charge in [0.05, 0.1) is 18.3 Å². The molecule has 0 amide bonds. The van der Waals surface area contributed by atoms with Gasteiger partial charge in [0.1, 0.15) is 5.01 Å². The third-order valence-electron chi connectivity index (χ3n) is 4.33. The Labute approximate surface area is 159 Å². The van der Waals surface area contributed by atoms with Crippen molar-refractivity contribution in [3.8, 4) is 10.6 Å². The summed E-state index contributed by atoms with van der Waals surface area (Å²) in [5, 5.41) is 10.5. The van der Waals surface area contributed by atoms with Crippen LogP contribution in [-0.2, 0) is 17.0 Å². The topological polar surface area (TPSA) is 72.8 Å². The zero-order valence-electron chi connectivity index (χ0n) is 14.5. The highest BCUT2D eigenvalue weighted by atomic mass is 32.2. The summed E-state index contributed by atoms with van der Waals surface area (Å²) in [6.45, 7) is 3.41. The van der Waals surface area contributed by atoms with Gasteiger partial charge in [0.2, 0.25) is 0 Å². The van der Waals surface area contributed by atoms with E-state index in [-0.39, 0.29) is 11.8 Å². The van der Waals surface area contributed by atoms with Crippen LogP contribution in [0.2, 0.25) is 0 Å². The first kappa shape index (κ1) is 17.5. The SMILES string of the molecule is Cc1ccc(-c2nc(CSc3n[nH]c(=O)n3C[C@@H]3CCCO3)cs2)cc1. The fourth-order valence-electron chi connectivity index (χ4n) is 2.91. The summed E-state index contributed by atoms with van der Waals surface area (Å²) < 4.78 is 7.31. The monoisotopic (exact) mass is 388 g/mol. The van der Waals surface area contributed by atoms with Crippen LogP contribution in [0, 0.1) is 6.92 Å². The molecule has 3 heterocycles. The van der Waals surface area contributed by atoms with E-state index in [0.29, 0.717) is 17.5 Å². The molecule has 1 N–H and O–H groups in total. The number of ether oxygens (including phenoxy) is 1. The van der Waals surface area contributed by atoms with Gasteiger partial charge in [0, 0.05) is 23.3 Å². The van der Waals surface area contributed by atoms with Crippen LogP contribution in [0.15, 0.2) is 39.6 Å². The molecule has 4 rings (SSSR count). The van der Waals surface area contributed by atoms with Crippen LogP contribution in [-0.4, -0.2) is 32.5 Å². The summed E-state index contributed by atoms with van der Waals surface area (Å²) in [4.78, 5) is 16.7. The Morgan fingerprint density at radius 2 is 2.23 bits per heavy atom. The molecule has 0 aliphatic carbocycles. The van der Waals surface area contributed by atoms with Crippen molar-refractivity contribution in [3.05, 3.63) is 51.4 Å². The van der Waals surface area contributed by atoms with E-state index in [1.165, 1.54) is 17.3 Å². The highest BCUT2D eigenvalue weighted by Crippen LogP contribution is 2.27. The highest BCUT2D eigenvalue weighted by molar-refractivity contribution is 7.98. The van der Waals surface area contributed by atoms with Gasteiger partial charge < -0.3 is 4.74 Å². The summed E-state index contributed by atoms with van der Waals surface area (Å²) in [7, 11) is 0. The Morgan fingerprint density at radius 3 is 3.00 bits per heavy atom.